The van der Waals surface area contributed by atoms with Gasteiger partial charge in [0.05, 0.1) is 18.4 Å². The van der Waals surface area contributed by atoms with Gasteiger partial charge in [0.1, 0.15) is 5.75 Å². The molecule has 5 heteroatoms. The van der Waals surface area contributed by atoms with Gasteiger partial charge in [0.2, 0.25) is 0 Å². The quantitative estimate of drug-likeness (QED) is 0.874. The summed E-state index contributed by atoms with van der Waals surface area (Å²) in [5, 5.41) is 3.14. The summed E-state index contributed by atoms with van der Waals surface area (Å²) in [5.74, 6) is -0.0933. The third kappa shape index (κ3) is 3.41. The van der Waals surface area contributed by atoms with Crippen molar-refractivity contribution in [2.45, 2.75) is 6.92 Å². The lowest BCUT2D eigenvalue weighted by molar-refractivity contribution is 0.101. The Kier molecular flexibility index (Phi) is 4.60. The van der Waals surface area contributed by atoms with Crippen molar-refractivity contribution in [3.8, 4) is 5.75 Å². The van der Waals surface area contributed by atoms with Gasteiger partial charge >= 0.3 is 0 Å². The number of para-hydroxylation sites is 1. The van der Waals surface area contributed by atoms with E-state index in [0.29, 0.717) is 27.6 Å². The highest BCUT2D eigenvalue weighted by atomic mass is 35.5. The van der Waals surface area contributed by atoms with Crippen molar-refractivity contribution in [2.75, 3.05) is 12.4 Å². The molecule has 0 bridgehead atoms. The van der Waals surface area contributed by atoms with Crippen LogP contribution in [0.5, 0.6) is 5.75 Å². The molecule has 0 radical (unpaired) electrons. The number of amides is 1. The van der Waals surface area contributed by atoms with Gasteiger partial charge in [-0.05, 0) is 37.3 Å². The summed E-state index contributed by atoms with van der Waals surface area (Å²) in [6.07, 6.45) is 0. The van der Waals surface area contributed by atoms with Crippen molar-refractivity contribution in [1.29, 1.82) is 0 Å². The summed E-state index contributed by atoms with van der Waals surface area (Å²) >= 11 is 5.91. The van der Waals surface area contributed by atoms with E-state index in [4.69, 9.17) is 16.3 Å². The lowest BCUT2D eigenvalue weighted by Crippen LogP contribution is -2.15. The van der Waals surface area contributed by atoms with Crippen LogP contribution in [0.2, 0.25) is 5.02 Å². The lowest BCUT2D eigenvalue weighted by atomic mass is 10.1. The third-order valence-electron chi connectivity index (χ3n) is 2.96. The summed E-state index contributed by atoms with van der Waals surface area (Å²) in [6, 6.07) is 11.6. The van der Waals surface area contributed by atoms with E-state index < -0.39 is 0 Å². The number of methoxy groups -OCH3 is 1. The molecule has 0 saturated carbocycles. The molecule has 2 aromatic rings. The van der Waals surface area contributed by atoms with Crippen LogP contribution in [0, 0.1) is 0 Å². The lowest BCUT2D eigenvalue weighted by Gasteiger charge is -2.11. The number of hydrogen-bond donors (Lipinski definition) is 1. The van der Waals surface area contributed by atoms with Crippen molar-refractivity contribution in [3.63, 3.8) is 0 Å². The van der Waals surface area contributed by atoms with Crippen molar-refractivity contribution < 1.29 is 14.3 Å². The van der Waals surface area contributed by atoms with Gasteiger partial charge in [-0.3, -0.25) is 9.59 Å². The van der Waals surface area contributed by atoms with E-state index >= 15 is 0 Å². The highest BCUT2D eigenvalue weighted by Gasteiger charge is 2.15. The largest absolute Gasteiger partial charge is 0.496 e. The summed E-state index contributed by atoms with van der Waals surface area (Å²) in [7, 11) is 1.48. The van der Waals surface area contributed by atoms with E-state index in [1.165, 1.54) is 20.1 Å². The highest BCUT2D eigenvalue weighted by Crippen LogP contribution is 2.24. The molecule has 1 amide bonds. The minimum Gasteiger partial charge on any atom is -0.496 e. The van der Waals surface area contributed by atoms with Crippen molar-refractivity contribution in [1.82, 2.24) is 0 Å². The second-order valence-electron chi connectivity index (χ2n) is 4.40. The smallest absolute Gasteiger partial charge is 0.259 e. The zero-order valence-corrected chi connectivity index (χ0v) is 12.4. The molecular formula is C16H14ClNO3. The molecule has 0 aromatic heterocycles. The Morgan fingerprint density at radius 3 is 2.48 bits per heavy atom. The topological polar surface area (TPSA) is 55.4 Å². The standard InChI is InChI=1S/C16H14ClNO3/c1-10(19)12-5-3-4-6-14(12)18-16(20)13-9-11(17)7-8-15(13)21-2/h3-9H,1-2H3,(H,18,20). The van der Waals surface area contributed by atoms with Crippen molar-refractivity contribution >= 4 is 29.0 Å². The van der Waals surface area contributed by atoms with Crippen molar-refractivity contribution in [3.05, 3.63) is 58.6 Å². The fourth-order valence-electron chi connectivity index (χ4n) is 1.95. The zero-order chi connectivity index (χ0) is 15.4. The van der Waals surface area contributed by atoms with Crippen LogP contribution < -0.4 is 10.1 Å². The number of rotatable bonds is 4. The van der Waals surface area contributed by atoms with Crippen LogP contribution in [-0.2, 0) is 0 Å². The van der Waals surface area contributed by atoms with Gasteiger partial charge in [0.25, 0.3) is 5.91 Å². The number of ether oxygens (including phenoxy) is 1. The van der Waals surface area contributed by atoms with E-state index in [0.717, 1.165) is 0 Å². The van der Waals surface area contributed by atoms with E-state index in [2.05, 4.69) is 5.32 Å². The molecule has 21 heavy (non-hydrogen) atoms. The van der Waals surface area contributed by atoms with Gasteiger partial charge in [0, 0.05) is 10.6 Å². The Morgan fingerprint density at radius 2 is 1.81 bits per heavy atom. The normalized spacial score (nSPS) is 10.0. The number of ketones is 1. The van der Waals surface area contributed by atoms with E-state index in [-0.39, 0.29) is 11.7 Å². The van der Waals surface area contributed by atoms with E-state index in [1.54, 1.807) is 36.4 Å². The minimum absolute atomic E-state index is 0.121. The number of carbonyl (C=O) groups excluding carboxylic acids is 2. The molecule has 0 fully saturated rings. The number of halogens is 1. The maximum absolute atomic E-state index is 12.4. The van der Waals surface area contributed by atoms with Crippen LogP contribution in [0.4, 0.5) is 5.69 Å². The molecule has 0 aliphatic rings. The SMILES string of the molecule is COc1ccc(Cl)cc1C(=O)Nc1ccccc1C(C)=O. The molecule has 0 aliphatic carbocycles. The predicted molar refractivity (Wildman–Crippen MR) is 82.4 cm³/mol. The van der Waals surface area contributed by atoms with Crippen LogP contribution in [-0.4, -0.2) is 18.8 Å². The van der Waals surface area contributed by atoms with Crippen LogP contribution in [0.3, 0.4) is 0 Å². The molecule has 0 heterocycles. The molecular weight excluding hydrogens is 290 g/mol. The Balaban J connectivity index is 2.35. The molecule has 108 valence electrons. The molecule has 2 rings (SSSR count). The fraction of sp³-hybridized carbons (Fsp3) is 0.125. The first-order valence-electron chi connectivity index (χ1n) is 6.27. The fourth-order valence-corrected chi connectivity index (χ4v) is 2.12. The molecule has 0 atom stereocenters. The average Bonchev–Trinajstić information content (AvgIpc) is 2.47. The first-order chi connectivity index (χ1) is 10.0. The van der Waals surface area contributed by atoms with Crippen molar-refractivity contribution in [2.24, 2.45) is 0 Å². The molecule has 0 unspecified atom stereocenters. The highest BCUT2D eigenvalue weighted by molar-refractivity contribution is 6.31. The van der Waals surface area contributed by atoms with Crippen LogP contribution in [0.15, 0.2) is 42.5 Å². The van der Waals surface area contributed by atoms with Gasteiger partial charge in [-0.25, -0.2) is 0 Å². The summed E-state index contributed by atoms with van der Waals surface area (Å²) in [4.78, 5) is 23.9. The monoisotopic (exact) mass is 303 g/mol. The Labute approximate surface area is 127 Å². The molecule has 0 saturated heterocycles. The summed E-state index contributed by atoms with van der Waals surface area (Å²) in [6.45, 7) is 1.45. The van der Waals surface area contributed by atoms with Gasteiger partial charge in [-0.2, -0.15) is 0 Å². The number of nitrogens with one attached hydrogen (secondary N) is 1. The van der Waals surface area contributed by atoms with E-state index in [9.17, 15) is 9.59 Å². The maximum atomic E-state index is 12.4. The van der Waals surface area contributed by atoms with Crippen LogP contribution in [0.25, 0.3) is 0 Å². The number of carbonyl (C=O) groups is 2. The molecule has 0 spiro atoms. The van der Waals surface area contributed by atoms with Gasteiger partial charge < -0.3 is 10.1 Å². The van der Waals surface area contributed by atoms with Gasteiger partial charge in [-0.1, -0.05) is 23.7 Å². The second-order valence-corrected chi connectivity index (χ2v) is 4.84. The Morgan fingerprint density at radius 1 is 1.10 bits per heavy atom. The number of Topliss-reactive ketones (excluding diaryl/α,β-unsaturated/α-hetero) is 1. The molecule has 4 nitrogen and oxygen atoms in total. The number of anilines is 1. The maximum Gasteiger partial charge on any atom is 0.259 e. The van der Waals surface area contributed by atoms with Crippen LogP contribution >= 0.6 is 11.6 Å². The average molecular weight is 304 g/mol. The third-order valence-corrected chi connectivity index (χ3v) is 3.20. The Hall–Kier alpha value is -2.33. The second kappa shape index (κ2) is 6.41. The van der Waals surface area contributed by atoms with Gasteiger partial charge in [0.15, 0.2) is 5.78 Å². The van der Waals surface area contributed by atoms with E-state index in [1.807, 2.05) is 0 Å². The molecule has 2 aromatic carbocycles. The van der Waals surface area contributed by atoms with Gasteiger partial charge in [-0.15, -0.1) is 0 Å². The summed E-state index contributed by atoms with van der Waals surface area (Å²) in [5.41, 5.74) is 1.22. The summed E-state index contributed by atoms with van der Waals surface area (Å²) < 4.78 is 5.15. The number of benzene rings is 2. The Bertz CT molecular complexity index is 698. The number of hydrogen-bond acceptors (Lipinski definition) is 3. The predicted octanol–water partition coefficient (Wildman–Crippen LogP) is 3.80. The minimum atomic E-state index is -0.386. The first kappa shape index (κ1) is 15.1. The van der Waals surface area contributed by atoms with Crippen LogP contribution in [0.1, 0.15) is 27.6 Å². The molecule has 0 aliphatic heterocycles. The first-order valence-corrected chi connectivity index (χ1v) is 6.65. The molecule has 1 N–H and O–H groups in total. The zero-order valence-electron chi connectivity index (χ0n) is 11.6.